The van der Waals surface area contributed by atoms with Crippen molar-refractivity contribution in [2.24, 2.45) is 0 Å². The Kier molecular flexibility index (Phi) is 4.20. The molecular weight excluding hydrogens is 266 g/mol. The van der Waals surface area contributed by atoms with E-state index in [1.165, 1.54) is 13.2 Å². The molecule has 0 saturated carbocycles. The lowest BCUT2D eigenvalue weighted by molar-refractivity contribution is 0.190. The normalized spacial score (nSPS) is 12.1. The molecule has 0 fully saturated rings. The summed E-state index contributed by atoms with van der Waals surface area (Å²) in [6, 6.07) is 7.92. The second kappa shape index (κ2) is 5.88. The van der Waals surface area contributed by atoms with Gasteiger partial charge in [-0.3, -0.25) is 0 Å². The second-order valence-corrected chi connectivity index (χ2v) is 4.22. The van der Waals surface area contributed by atoms with Gasteiger partial charge in [0.05, 0.1) is 18.8 Å². The highest BCUT2D eigenvalue weighted by Gasteiger charge is 2.17. The molecule has 0 bridgehead atoms. The SMILES string of the molecule is COc1cccc(Oc2ccc(F)cc2F)c1[C@H](C)O. The number of methoxy groups -OCH3 is 1. The van der Waals surface area contributed by atoms with Crippen LogP contribution in [0.15, 0.2) is 36.4 Å². The molecule has 5 heteroatoms. The van der Waals surface area contributed by atoms with E-state index in [0.717, 1.165) is 12.1 Å². The Morgan fingerprint density at radius 1 is 1.05 bits per heavy atom. The average Bonchev–Trinajstić information content (AvgIpc) is 2.41. The minimum atomic E-state index is -0.857. The summed E-state index contributed by atoms with van der Waals surface area (Å²) in [5, 5.41) is 9.79. The van der Waals surface area contributed by atoms with Gasteiger partial charge in [-0.1, -0.05) is 6.07 Å². The molecule has 1 N–H and O–H groups in total. The minimum absolute atomic E-state index is 0.124. The van der Waals surface area contributed by atoms with E-state index >= 15 is 0 Å². The Labute approximate surface area is 115 Å². The Balaban J connectivity index is 2.43. The summed E-state index contributed by atoms with van der Waals surface area (Å²) in [6.07, 6.45) is -0.857. The fraction of sp³-hybridized carbons (Fsp3) is 0.200. The van der Waals surface area contributed by atoms with Crippen LogP contribution in [0.4, 0.5) is 8.78 Å². The molecule has 3 nitrogen and oxygen atoms in total. The van der Waals surface area contributed by atoms with Gasteiger partial charge >= 0.3 is 0 Å². The topological polar surface area (TPSA) is 38.7 Å². The van der Waals surface area contributed by atoms with Crippen molar-refractivity contribution < 1.29 is 23.4 Å². The predicted octanol–water partition coefficient (Wildman–Crippen LogP) is 3.82. The Morgan fingerprint density at radius 2 is 1.75 bits per heavy atom. The smallest absolute Gasteiger partial charge is 0.168 e. The summed E-state index contributed by atoms with van der Waals surface area (Å²) in [5.41, 5.74) is 0.402. The molecule has 0 spiro atoms. The number of aliphatic hydroxyl groups excluding tert-OH is 1. The first-order chi connectivity index (χ1) is 9.52. The molecule has 0 saturated heterocycles. The van der Waals surface area contributed by atoms with Crippen LogP contribution in [-0.4, -0.2) is 12.2 Å². The Morgan fingerprint density at radius 3 is 2.35 bits per heavy atom. The van der Waals surface area contributed by atoms with Crippen molar-refractivity contribution in [2.45, 2.75) is 13.0 Å². The summed E-state index contributed by atoms with van der Waals surface area (Å²) < 4.78 is 37.0. The number of ether oxygens (including phenoxy) is 2. The van der Waals surface area contributed by atoms with E-state index in [1.54, 1.807) is 25.1 Å². The minimum Gasteiger partial charge on any atom is -0.496 e. The summed E-state index contributed by atoms with van der Waals surface area (Å²) >= 11 is 0. The molecule has 0 amide bonds. The molecule has 0 aliphatic carbocycles. The molecule has 20 heavy (non-hydrogen) atoms. The Hall–Kier alpha value is -2.14. The first-order valence-corrected chi connectivity index (χ1v) is 6.00. The molecule has 0 heterocycles. The van der Waals surface area contributed by atoms with Gasteiger partial charge in [0.1, 0.15) is 17.3 Å². The number of hydrogen-bond donors (Lipinski definition) is 1. The van der Waals surface area contributed by atoms with E-state index in [1.807, 2.05) is 0 Å². The van der Waals surface area contributed by atoms with E-state index in [-0.39, 0.29) is 11.5 Å². The number of halogens is 2. The lowest BCUT2D eigenvalue weighted by atomic mass is 10.1. The van der Waals surface area contributed by atoms with Crippen molar-refractivity contribution in [1.82, 2.24) is 0 Å². The summed E-state index contributed by atoms with van der Waals surface area (Å²) in [5.74, 6) is -0.938. The van der Waals surface area contributed by atoms with Crippen molar-refractivity contribution in [1.29, 1.82) is 0 Å². The highest BCUT2D eigenvalue weighted by molar-refractivity contribution is 5.48. The van der Waals surface area contributed by atoms with Gasteiger partial charge in [-0.05, 0) is 31.2 Å². The van der Waals surface area contributed by atoms with Crippen molar-refractivity contribution >= 4 is 0 Å². The van der Waals surface area contributed by atoms with Crippen LogP contribution < -0.4 is 9.47 Å². The number of hydrogen-bond acceptors (Lipinski definition) is 3. The largest absolute Gasteiger partial charge is 0.496 e. The van der Waals surface area contributed by atoms with E-state index in [9.17, 15) is 13.9 Å². The molecule has 2 aromatic carbocycles. The maximum absolute atomic E-state index is 13.6. The fourth-order valence-electron chi connectivity index (χ4n) is 1.88. The lowest BCUT2D eigenvalue weighted by Gasteiger charge is -2.16. The zero-order valence-electron chi connectivity index (χ0n) is 11.1. The summed E-state index contributed by atoms with van der Waals surface area (Å²) in [4.78, 5) is 0. The molecule has 106 valence electrons. The zero-order valence-corrected chi connectivity index (χ0v) is 11.1. The quantitative estimate of drug-likeness (QED) is 0.925. The summed E-state index contributed by atoms with van der Waals surface area (Å²) in [6.45, 7) is 1.55. The Bertz CT molecular complexity index is 612. The lowest BCUT2D eigenvalue weighted by Crippen LogP contribution is -2.00. The predicted molar refractivity (Wildman–Crippen MR) is 70.1 cm³/mol. The van der Waals surface area contributed by atoms with Crippen LogP contribution in [0.3, 0.4) is 0 Å². The van der Waals surface area contributed by atoms with E-state index in [0.29, 0.717) is 11.3 Å². The first kappa shape index (κ1) is 14.3. The van der Waals surface area contributed by atoms with Crippen LogP contribution in [0.2, 0.25) is 0 Å². The highest BCUT2D eigenvalue weighted by atomic mass is 19.1. The second-order valence-electron chi connectivity index (χ2n) is 4.22. The van der Waals surface area contributed by atoms with Gasteiger partial charge in [0.25, 0.3) is 0 Å². The molecule has 0 radical (unpaired) electrons. The van der Waals surface area contributed by atoms with Gasteiger partial charge in [0.2, 0.25) is 0 Å². The molecule has 2 rings (SSSR count). The highest BCUT2D eigenvalue weighted by Crippen LogP contribution is 2.37. The average molecular weight is 280 g/mol. The van der Waals surface area contributed by atoms with Crippen molar-refractivity contribution in [2.75, 3.05) is 7.11 Å². The monoisotopic (exact) mass is 280 g/mol. The maximum Gasteiger partial charge on any atom is 0.168 e. The van der Waals surface area contributed by atoms with Crippen molar-refractivity contribution in [3.63, 3.8) is 0 Å². The van der Waals surface area contributed by atoms with Gasteiger partial charge in [-0.15, -0.1) is 0 Å². The van der Waals surface area contributed by atoms with Gasteiger partial charge in [-0.25, -0.2) is 8.78 Å². The number of benzene rings is 2. The van der Waals surface area contributed by atoms with Gasteiger partial charge in [-0.2, -0.15) is 0 Å². The van der Waals surface area contributed by atoms with Crippen LogP contribution in [0.5, 0.6) is 17.2 Å². The molecule has 2 aromatic rings. The van der Waals surface area contributed by atoms with Crippen molar-refractivity contribution in [3.05, 3.63) is 53.6 Å². The van der Waals surface area contributed by atoms with Gasteiger partial charge in [0.15, 0.2) is 11.6 Å². The molecule has 0 aliphatic rings. The van der Waals surface area contributed by atoms with Gasteiger partial charge in [0, 0.05) is 6.07 Å². The molecule has 0 aliphatic heterocycles. The fourth-order valence-corrected chi connectivity index (χ4v) is 1.88. The molecule has 0 aromatic heterocycles. The van der Waals surface area contributed by atoms with Crippen LogP contribution >= 0.6 is 0 Å². The number of aliphatic hydroxyl groups is 1. The molecule has 1 atom stereocenters. The zero-order chi connectivity index (χ0) is 14.7. The van der Waals surface area contributed by atoms with Crippen molar-refractivity contribution in [3.8, 4) is 17.2 Å². The third-order valence-corrected chi connectivity index (χ3v) is 2.78. The van der Waals surface area contributed by atoms with E-state index in [4.69, 9.17) is 9.47 Å². The maximum atomic E-state index is 13.6. The van der Waals surface area contributed by atoms with Crippen LogP contribution in [0.1, 0.15) is 18.6 Å². The summed E-state index contributed by atoms with van der Waals surface area (Å²) in [7, 11) is 1.46. The third-order valence-electron chi connectivity index (χ3n) is 2.78. The van der Waals surface area contributed by atoms with E-state index < -0.39 is 17.7 Å². The molecule has 0 unspecified atom stereocenters. The standard InChI is InChI=1S/C15H14F2O3/c1-9(18)15-13(19-2)4-3-5-14(15)20-12-7-6-10(16)8-11(12)17/h3-9,18H,1-2H3/t9-/m0/s1. The molecular formula is C15H14F2O3. The first-order valence-electron chi connectivity index (χ1n) is 6.00. The van der Waals surface area contributed by atoms with Gasteiger partial charge < -0.3 is 14.6 Å². The van der Waals surface area contributed by atoms with Crippen LogP contribution in [0.25, 0.3) is 0 Å². The van der Waals surface area contributed by atoms with Crippen LogP contribution in [0, 0.1) is 11.6 Å². The number of rotatable bonds is 4. The van der Waals surface area contributed by atoms with E-state index in [2.05, 4.69) is 0 Å². The van der Waals surface area contributed by atoms with Crippen LogP contribution in [-0.2, 0) is 0 Å². The third kappa shape index (κ3) is 2.88.